The van der Waals surface area contributed by atoms with Crippen LogP contribution < -0.4 is 5.32 Å². The average Bonchev–Trinajstić information content (AvgIpc) is 1.94. The van der Waals surface area contributed by atoms with E-state index >= 15 is 0 Å². The van der Waals surface area contributed by atoms with Crippen molar-refractivity contribution in [1.82, 2.24) is 5.32 Å². The van der Waals surface area contributed by atoms with Crippen molar-refractivity contribution in [2.45, 2.75) is 12.8 Å². The fourth-order valence-electron chi connectivity index (χ4n) is 0.696. The molecule has 0 rings (SSSR count). The number of halogens is 1. The normalized spacial score (nSPS) is 11.8. The summed E-state index contributed by atoms with van der Waals surface area (Å²) in [4.78, 5) is 0. The zero-order valence-electron chi connectivity index (χ0n) is 6.79. The molecule has 2 N–H and O–H groups in total. The summed E-state index contributed by atoms with van der Waals surface area (Å²) in [6, 6.07) is 0. The number of hydrogen-bond acceptors (Lipinski definition) is 3. The lowest BCUT2D eigenvalue weighted by Crippen LogP contribution is -2.19. The Morgan fingerprint density at radius 1 is 1.25 bits per heavy atom. The van der Waals surface area contributed by atoms with Gasteiger partial charge in [-0.3, -0.25) is 4.55 Å². The second-order valence-corrected chi connectivity index (χ2v) is 4.80. The van der Waals surface area contributed by atoms with Crippen molar-refractivity contribution in [1.29, 1.82) is 0 Å². The molecule has 0 atom stereocenters. The molecule has 74 valence electrons. The second-order valence-electron chi connectivity index (χ2n) is 2.43. The molecule has 0 spiro atoms. The lowest BCUT2D eigenvalue weighted by atomic mass is 10.4. The molecule has 0 fully saturated rings. The highest BCUT2D eigenvalue weighted by Crippen LogP contribution is 1.88. The maximum Gasteiger partial charge on any atom is 0.264 e. The minimum atomic E-state index is -3.77. The molecule has 0 aliphatic carbocycles. The van der Waals surface area contributed by atoms with Crippen LogP contribution in [0.1, 0.15) is 12.8 Å². The highest BCUT2D eigenvalue weighted by atomic mass is 79.9. The van der Waals surface area contributed by atoms with E-state index in [-0.39, 0.29) is 5.75 Å². The van der Waals surface area contributed by atoms with Crippen molar-refractivity contribution in [2.24, 2.45) is 0 Å². The summed E-state index contributed by atoms with van der Waals surface area (Å²) in [5, 5.41) is 4.00. The Balaban J connectivity index is 3.12. The van der Waals surface area contributed by atoms with E-state index in [1.807, 2.05) is 0 Å². The van der Waals surface area contributed by atoms with E-state index in [0.717, 1.165) is 18.3 Å². The third-order valence-electron chi connectivity index (χ3n) is 1.24. The van der Waals surface area contributed by atoms with E-state index in [4.69, 9.17) is 4.55 Å². The summed E-state index contributed by atoms with van der Waals surface area (Å²) in [7, 11) is -3.77. The molecule has 0 unspecified atom stereocenters. The minimum absolute atomic E-state index is 0.158. The SMILES string of the molecule is O=S(=O)(O)CCCNCCCBr. The molecular formula is C6H14BrNO3S. The smallest absolute Gasteiger partial charge is 0.264 e. The first-order valence-electron chi connectivity index (χ1n) is 3.78. The van der Waals surface area contributed by atoms with Crippen molar-refractivity contribution < 1.29 is 13.0 Å². The van der Waals surface area contributed by atoms with E-state index in [1.54, 1.807) is 0 Å². The van der Waals surface area contributed by atoms with Gasteiger partial charge in [-0.05, 0) is 25.9 Å². The monoisotopic (exact) mass is 259 g/mol. The van der Waals surface area contributed by atoms with Gasteiger partial charge in [-0.2, -0.15) is 8.42 Å². The van der Waals surface area contributed by atoms with Crippen LogP contribution in [0.3, 0.4) is 0 Å². The molecule has 6 heteroatoms. The fraction of sp³-hybridized carbons (Fsp3) is 1.00. The van der Waals surface area contributed by atoms with E-state index in [2.05, 4.69) is 21.2 Å². The molecule has 0 aromatic heterocycles. The molecule has 0 heterocycles. The number of rotatable bonds is 7. The third-order valence-corrected chi connectivity index (χ3v) is 2.61. The van der Waals surface area contributed by atoms with Gasteiger partial charge < -0.3 is 5.32 Å². The summed E-state index contributed by atoms with van der Waals surface area (Å²) >= 11 is 3.27. The Morgan fingerprint density at radius 3 is 2.33 bits per heavy atom. The molecule has 0 saturated heterocycles. The average molecular weight is 260 g/mol. The topological polar surface area (TPSA) is 66.4 Å². The molecule has 0 aliphatic heterocycles. The number of nitrogens with one attached hydrogen (secondary N) is 1. The van der Waals surface area contributed by atoms with Gasteiger partial charge in [-0.1, -0.05) is 15.9 Å². The molecule has 0 aromatic rings. The molecule has 12 heavy (non-hydrogen) atoms. The first-order chi connectivity index (χ1) is 5.56. The zero-order chi connectivity index (χ0) is 9.45. The molecule has 0 aliphatic rings. The predicted molar refractivity (Wildman–Crippen MR) is 52.3 cm³/mol. The van der Waals surface area contributed by atoms with Gasteiger partial charge in [0.05, 0.1) is 5.75 Å². The van der Waals surface area contributed by atoms with Crippen LogP contribution in [0.2, 0.25) is 0 Å². The summed E-state index contributed by atoms with van der Waals surface area (Å²) < 4.78 is 28.8. The van der Waals surface area contributed by atoms with E-state index in [9.17, 15) is 8.42 Å². The van der Waals surface area contributed by atoms with Crippen LogP contribution in [0.25, 0.3) is 0 Å². The third kappa shape index (κ3) is 10.3. The predicted octanol–water partition coefficient (Wildman–Crippen LogP) is 0.639. The van der Waals surface area contributed by atoms with Crippen molar-refractivity contribution >= 4 is 26.0 Å². The highest BCUT2D eigenvalue weighted by molar-refractivity contribution is 9.09. The van der Waals surface area contributed by atoms with E-state index < -0.39 is 10.1 Å². The van der Waals surface area contributed by atoms with Gasteiger partial charge in [-0.15, -0.1) is 0 Å². The van der Waals surface area contributed by atoms with Crippen LogP contribution in [0.5, 0.6) is 0 Å². The number of hydrogen-bond donors (Lipinski definition) is 2. The molecule has 0 radical (unpaired) electrons. The summed E-state index contributed by atoms with van der Waals surface area (Å²) in [5.74, 6) is -0.158. The van der Waals surface area contributed by atoms with E-state index in [1.165, 1.54) is 0 Å². The molecule has 4 nitrogen and oxygen atoms in total. The first kappa shape index (κ1) is 12.3. The van der Waals surface area contributed by atoms with Crippen LogP contribution in [-0.2, 0) is 10.1 Å². The van der Waals surface area contributed by atoms with Crippen LogP contribution in [0, 0.1) is 0 Å². The van der Waals surface area contributed by atoms with Crippen LogP contribution in [0.15, 0.2) is 0 Å². The Morgan fingerprint density at radius 2 is 1.83 bits per heavy atom. The zero-order valence-corrected chi connectivity index (χ0v) is 9.20. The van der Waals surface area contributed by atoms with Gasteiger partial charge in [0.1, 0.15) is 0 Å². The van der Waals surface area contributed by atoms with Gasteiger partial charge in [0, 0.05) is 5.33 Å². The van der Waals surface area contributed by atoms with Crippen LogP contribution >= 0.6 is 15.9 Å². The van der Waals surface area contributed by atoms with Gasteiger partial charge in [0.2, 0.25) is 0 Å². The molecule has 0 saturated carbocycles. The maximum atomic E-state index is 10.2. The molecular weight excluding hydrogens is 246 g/mol. The first-order valence-corrected chi connectivity index (χ1v) is 6.51. The van der Waals surface area contributed by atoms with Crippen molar-refractivity contribution in [2.75, 3.05) is 24.2 Å². The van der Waals surface area contributed by atoms with Crippen molar-refractivity contribution in [3.8, 4) is 0 Å². The quantitative estimate of drug-likeness (QED) is 0.400. The Labute approximate surface area is 81.6 Å². The molecule has 0 bridgehead atoms. The van der Waals surface area contributed by atoms with Gasteiger partial charge in [0.15, 0.2) is 0 Å². The minimum Gasteiger partial charge on any atom is -0.317 e. The summed E-state index contributed by atoms with van der Waals surface area (Å²) in [6.07, 6.45) is 1.48. The van der Waals surface area contributed by atoms with Gasteiger partial charge >= 0.3 is 0 Å². The van der Waals surface area contributed by atoms with Crippen molar-refractivity contribution in [3.05, 3.63) is 0 Å². The lowest BCUT2D eigenvalue weighted by molar-refractivity contribution is 0.479. The summed E-state index contributed by atoms with van der Waals surface area (Å²) in [5.41, 5.74) is 0. The van der Waals surface area contributed by atoms with Crippen molar-refractivity contribution in [3.63, 3.8) is 0 Å². The van der Waals surface area contributed by atoms with E-state index in [0.29, 0.717) is 13.0 Å². The Kier molecular flexibility index (Phi) is 7.02. The standard InChI is InChI=1S/C6H14BrNO3S/c7-3-1-4-8-5-2-6-12(9,10)11/h8H,1-6H2,(H,9,10,11). The van der Waals surface area contributed by atoms with Crippen LogP contribution in [-0.4, -0.2) is 37.1 Å². The summed E-state index contributed by atoms with van der Waals surface area (Å²) in [6.45, 7) is 1.50. The Bertz CT molecular complexity index is 193. The maximum absolute atomic E-state index is 10.2. The molecule has 0 aromatic carbocycles. The fourth-order valence-corrected chi connectivity index (χ4v) is 1.49. The second kappa shape index (κ2) is 6.82. The molecule has 0 amide bonds. The lowest BCUT2D eigenvalue weighted by Gasteiger charge is -2.01. The number of alkyl halides is 1. The Hall–Kier alpha value is 0.350. The largest absolute Gasteiger partial charge is 0.317 e. The van der Waals surface area contributed by atoms with Gasteiger partial charge in [-0.25, -0.2) is 0 Å². The van der Waals surface area contributed by atoms with Gasteiger partial charge in [0.25, 0.3) is 10.1 Å². The van der Waals surface area contributed by atoms with Crippen LogP contribution in [0.4, 0.5) is 0 Å². The highest BCUT2D eigenvalue weighted by Gasteiger charge is 2.02.